The minimum atomic E-state index is 0.762. The Labute approximate surface area is 88.6 Å². The molecule has 0 bridgehead atoms. The first kappa shape index (κ1) is 9.52. The van der Waals surface area contributed by atoms with Crippen LogP contribution in [-0.4, -0.2) is 16.2 Å². The van der Waals surface area contributed by atoms with Crippen LogP contribution in [0.2, 0.25) is 0 Å². The van der Waals surface area contributed by atoms with Gasteiger partial charge in [-0.3, -0.25) is 4.99 Å². The van der Waals surface area contributed by atoms with Gasteiger partial charge in [0.15, 0.2) is 0 Å². The fourth-order valence-corrected chi connectivity index (χ4v) is 1.16. The molecule has 1 aromatic heterocycles. The highest BCUT2D eigenvalue weighted by molar-refractivity contribution is 5.81. The zero-order valence-corrected chi connectivity index (χ0v) is 8.46. The van der Waals surface area contributed by atoms with E-state index in [1.165, 1.54) is 11.9 Å². The third-order valence-electron chi connectivity index (χ3n) is 1.99. The molecule has 0 unspecified atom stereocenters. The fourth-order valence-electron chi connectivity index (χ4n) is 1.16. The summed E-state index contributed by atoms with van der Waals surface area (Å²) in [6.45, 7) is 2.06. The second-order valence-electron chi connectivity index (χ2n) is 3.27. The van der Waals surface area contributed by atoms with Crippen molar-refractivity contribution in [3.05, 3.63) is 54.1 Å². The number of aliphatic imine (C=N–C) groups is 1. The van der Waals surface area contributed by atoms with Crippen molar-refractivity contribution >= 4 is 11.9 Å². The molecule has 0 saturated heterocycles. The van der Waals surface area contributed by atoms with Crippen molar-refractivity contribution in [2.75, 3.05) is 0 Å². The largest absolute Gasteiger partial charge is 0.253 e. The quantitative estimate of drug-likeness (QED) is 0.694. The topological polar surface area (TPSA) is 38.1 Å². The Balaban J connectivity index is 2.15. The molecule has 0 saturated carbocycles. The summed E-state index contributed by atoms with van der Waals surface area (Å²) < 4.78 is 0. The normalized spacial score (nSPS) is 10.7. The molecule has 1 aromatic carbocycles. The lowest BCUT2D eigenvalue weighted by atomic mass is 10.2. The Bertz CT molecular complexity index is 446. The minimum Gasteiger partial charge on any atom is -0.253 e. The van der Waals surface area contributed by atoms with Gasteiger partial charge in [-0.15, -0.1) is 0 Å². The van der Waals surface area contributed by atoms with Crippen molar-refractivity contribution in [1.82, 2.24) is 9.97 Å². The highest BCUT2D eigenvalue weighted by Gasteiger charge is 1.88. The molecule has 15 heavy (non-hydrogen) atoms. The highest BCUT2D eigenvalue weighted by atomic mass is 14.9. The standard InChI is InChI=1S/C12H11N3/c1-10-2-4-11(5-3-10)6-15-12-7-13-9-14-8-12/h2-9H,1H3. The van der Waals surface area contributed by atoms with Crippen molar-refractivity contribution in [1.29, 1.82) is 0 Å². The van der Waals surface area contributed by atoms with E-state index >= 15 is 0 Å². The van der Waals surface area contributed by atoms with Gasteiger partial charge in [0, 0.05) is 6.21 Å². The van der Waals surface area contributed by atoms with E-state index in [4.69, 9.17) is 0 Å². The van der Waals surface area contributed by atoms with Gasteiger partial charge in [-0.1, -0.05) is 29.8 Å². The monoisotopic (exact) mass is 197 g/mol. The molecule has 0 radical (unpaired) electrons. The molecule has 0 fully saturated rings. The second kappa shape index (κ2) is 4.46. The first-order valence-corrected chi connectivity index (χ1v) is 4.70. The van der Waals surface area contributed by atoms with Crippen LogP contribution in [0.3, 0.4) is 0 Å². The second-order valence-corrected chi connectivity index (χ2v) is 3.27. The molecule has 74 valence electrons. The average molecular weight is 197 g/mol. The fraction of sp³-hybridized carbons (Fsp3) is 0.0833. The van der Waals surface area contributed by atoms with E-state index in [1.807, 2.05) is 12.1 Å². The van der Waals surface area contributed by atoms with Crippen LogP contribution < -0.4 is 0 Å². The van der Waals surface area contributed by atoms with Gasteiger partial charge < -0.3 is 0 Å². The number of hydrogen-bond acceptors (Lipinski definition) is 3. The molecule has 0 spiro atoms. The summed E-state index contributed by atoms with van der Waals surface area (Å²) in [7, 11) is 0. The van der Waals surface area contributed by atoms with Gasteiger partial charge in [0.1, 0.15) is 6.33 Å². The number of hydrogen-bond donors (Lipinski definition) is 0. The van der Waals surface area contributed by atoms with Gasteiger partial charge in [-0.05, 0) is 12.5 Å². The summed E-state index contributed by atoms with van der Waals surface area (Å²) in [4.78, 5) is 12.0. The summed E-state index contributed by atoms with van der Waals surface area (Å²) in [6, 6.07) is 8.18. The molecular formula is C12H11N3. The van der Waals surface area contributed by atoms with Crippen molar-refractivity contribution < 1.29 is 0 Å². The van der Waals surface area contributed by atoms with E-state index in [-0.39, 0.29) is 0 Å². The molecule has 0 amide bonds. The van der Waals surface area contributed by atoms with Crippen molar-refractivity contribution in [2.45, 2.75) is 6.92 Å². The molecule has 3 nitrogen and oxygen atoms in total. The summed E-state index contributed by atoms with van der Waals surface area (Å²) in [5.41, 5.74) is 3.08. The molecule has 2 aromatic rings. The molecule has 0 aliphatic carbocycles. The minimum absolute atomic E-state index is 0.762. The maximum absolute atomic E-state index is 4.26. The van der Waals surface area contributed by atoms with Crippen LogP contribution in [0.25, 0.3) is 0 Å². The lowest BCUT2D eigenvalue weighted by Gasteiger charge is -1.94. The number of benzene rings is 1. The van der Waals surface area contributed by atoms with Crippen LogP contribution in [0.1, 0.15) is 11.1 Å². The van der Waals surface area contributed by atoms with Crippen LogP contribution in [0.4, 0.5) is 5.69 Å². The van der Waals surface area contributed by atoms with Gasteiger partial charge in [-0.2, -0.15) is 0 Å². The zero-order chi connectivity index (χ0) is 10.5. The Morgan fingerprint density at radius 3 is 2.40 bits per heavy atom. The lowest BCUT2D eigenvalue weighted by molar-refractivity contribution is 1.16. The Kier molecular flexibility index (Phi) is 2.83. The lowest BCUT2D eigenvalue weighted by Crippen LogP contribution is -1.81. The van der Waals surface area contributed by atoms with Gasteiger partial charge in [0.05, 0.1) is 18.1 Å². The van der Waals surface area contributed by atoms with E-state index in [2.05, 4.69) is 34.0 Å². The Hall–Kier alpha value is -2.03. The number of nitrogens with zero attached hydrogens (tertiary/aromatic N) is 3. The van der Waals surface area contributed by atoms with E-state index in [0.29, 0.717) is 0 Å². The highest BCUT2D eigenvalue weighted by Crippen LogP contribution is 2.07. The van der Waals surface area contributed by atoms with Crippen molar-refractivity contribution in [2.24, 2.45) is 4.99 Å². The van der Waals surface area contributed by atoms with Gasteiger partial charge in [-0.25, -0.2) is 9.97 Å². The number of aryl methyl sites for hydroxylation is 1. The summed E-state index contributed by atoms with van der Waals surface area (Å²) in [6.07, 6.45) is 6.65. The summed E-state index contributed by atoms with van der Waals surface area (Å²) >= 11 is 0. The number of rotatable bonds is 2. The van der Waals surface area contributed by atoms with E-state index in [1.54, 1.807) is 18.6 Å². The van der Waals surface area contributed by atoms with Crippen LogP contribution in [0.15, 0.2) is 48.0 Å². The molecule has 0 aliphatic rings. The SMILES string of the molecule is Cc1ccc(C=Nc2cncnc2)cc1. The van der Waals surface area contributed by atoms with Gasteiger partial charge in [0.25, 0.3) is 0 Å². The van der Waals surface area contributed by atoms with Crippen LogP contribution in [-0.2, 0) is 0 Å². The Morgan fingerprint density at radius 2 is 1.73 bits per heavy atom. The predicted octanol–water partition coefficient (Wildman–Crippen LogP) is 2.54. The third kappa shape index (κ3) is 2.71. The molecule has 2 rings (SSSR count). The van der Waals surface area contributed by atoms with E-state index in [9.17, 15) is 0 Å². The van der Waals surface area contributed by atoms with Crippen molar-refractivity contribution in [3.8, 4) is 0 Å². The summed E-state index contributed by atoms with van der Waals surface area (Å²) in [5, 5.41) is 0. The van der Waals surface area contributed by atoms with Crippen LogP contribution >= 0.6 is 0 Å². The Morgan fingerprint density at radius 1 is 1.07 bits per heavy atom. The predicted molar refractivity (Wildman–Crippen MR) is 60.5 cm³/mol. The first-order chi connectivity index (χ1) is 7.34. The molecule has 0 aliphatic heterocycles. The van der Waals surface area contributed by atoms with Crippen LogP contribution in [0, 0.1) is 6.92 Å². The molecule has 1 heterocycles. The number of aromatic nitrogens is 2. The molecular weight excluding hydrogens is 186 g/mol. The van der Waals surface area contributed by atoms with Crippen molar-refractivity contribution in [3.63, 3.8) is 0 Å². The zero-order valence-electron chi connectivity index (χ0n) is 8.46. The van der Waals surface area contributed by atoms with Gasteiger partial charge >= 0.3 is 0 Å². The molecule has 0 N–H and O–H groups in total. The van der Waals surface area contributed by atoms with Crippen LogP contribution in [0.5, 0.6) is 0 Å². The van der Waals surface area contributed by atoms with Gasteiger partial charge in [0.2, 0.25) is 0 Å². The maximum Gasteiger partial charge on any atom is 0.115 e. The first-order valence-electron chi connectivity index (χ1n) is 4.70. The third-order valence-corrected chi connectivity index (χ3v) is 1.99. The molecule has 0 atom stereocenters. The smallest absolute Gasteiger partial charge is 0.115 e. The van der Waals surface area contributed by atoms with E-state index < -0.39 is 0 Å². The van der Waals surface area contributed by atoms with E-state index in [0.717, 1.165) is 11.3 Å². The molecule has 3 heteroatoms. The maximum atomic E-state index is 4.26. The summed E-state index contributed by atoms with van der Waals surface area (Å²) in [5.74, 6) is 0. The average Bonchev–Trinajstić information content (AvgIpc) is 2.30.